The summed E-state index contributed by atoms with van der Waals surface area (Å²) in [6.07, 6.45) is 1.27. The van der Waals surface area contributed by atoms with Crippen LogP contribution in [0.25, 0.3) is 0 Å². The van der Waals surface area contributed by atoms with E-state index in [-0.39, 0.29) is 5.82 Å². The van der Waals surface area contributed by atoms with E-state index in [9.17, 15) is 9.50 Å². The van der Waals surface area contributed by atoms with Gasteiger partial charge < -0.3 is 5.11 Å². The molecule has 2 heteroatoms. The molecule has 0 bridgehead atoms. The molecule has 100 valence electrons. The number of hydrogen-bond donors (Lipinski definition) is 1. The fourth-order valence-electron chi connectivity index (χ4n) is 2.47. The van der Waals surface area contributed by atoms with Crippen LogP contribution in [-0.2, 0) is 5.60 Å². The van der Waals surface area contributed by atoms with Crippen LogP contribution in [0.1, 0.15) is 36.5 Å². The van der Waals surface area contributed by atoms with Crippen LogP contribution in [0.2, 0.25) is 0 Å². The first-order chi connectivity index (χ1) is 9.08. The van der Waals surface area contributed by atoms with Crippen molar-refractivity contribution in [1.29, 1.82) is 0 Å². The topological polar surface area (TPSA) is 20.2 Å². The van der Waals surface area contributed by atoms with Gasteiger partial charge in [0.15, 0.2) is 0 Å². The minimum Gasteiger partial charge on any atom is -0.380 e. The van der Waals surface area contributed by atoms with Gasteiger partial charge in [0.25, 0.3) is 0 Å². The molecule has 0 saturated heterocycles. The highest BCUT2D eigenvalue weighted by atomic mass is 19.1. The van der Waals surface area contributed by atoms with Gasteiger partial charge in [0.2, 0.25) is 0 Å². The van der Waals surface area contributed by atoms with E-state index < -0.39 is 5.60 Å². The second-order valence-corrected chi connectivity index (χ2v) is 4.96. The first-order valence-corrected chi connectivity index (χ1v) is 6.62. The molecule has 1 N–H and O–H groups in total. The highest BCUT2D eigenvalue weighted by Gasteiger charge is 2.33. The van der Waals surface area contributed by atoms with E-state index in [1.54, 1.807) is 12.1 Å². The molecule has 0 heterocycles. The predicted octanol–water partition coefficient (Wildman–Crippen LogP) is 4.17. The van der Waals surface area contributed by atoms with Gasteiger partial charge in [-0.3, -0.25) is 0 Å². The van der Waals surface area contributed by atoms with E-state index in [4.69, 9.17) is 0 Å². The maximum atomic E-state index is 14.1. The molecule has 1 nitrogen and oxygen atoms in total. The Kier molecular flexibility index (Phi) is 4.01. The quantitative estimate of drug-likeness (QED) is 0.872. The average Bonchev–Trinajstić information content (AvgIpc) is 2.42. The lowest BCUT2D eigenvalue weighted by molar-refractivity contribution is 0.0662. The van der Waals surface area contributed by atoms with Crippen LogP contribution in [0.15, 0.2) is 48.5 Å². The highest BCUT2D eigenvalue weighted by molar-refractivity contribution is 5.38. The number of rotatable bonds is 4. The Balaban J connectivity index is 2.59. The number of aliphatic hydroxyl groups is 1. The minimum absolute atomic E-state index is 0.356. The number of halogens is 1. The van der Waals surface area contributed by atoms with Crippen LogP contribution < -0.4 is 0 Å². The number of benzene rings is 2. The van der Waals surface area contributed by atoms with Crippen molar-refractivity contribution in [2.45, 2.75) is 32.3 Å². The average molecular weight is 258 g/mol. The Morgan fingerprint density at radius 2 is 1.79 bits per heavy atom. The van der Waals surface area contributed by atoms with Crippen molar-refractivity contribution in [2.75, 3.05) is 0 Å². The summed E-state index contributed by atoms with van der Waals surface area (Å²) in [6, 6.07) is 14.2. The highest BCUT2D eigenvalue weighted by Crippen LogP contribution is 2.35. The number of hydrogen-bond acceptors (Lipinski definition) is 1. The lowest BCUT2D eigenvalue weighted by Gasteiger charge is -2.29. The van der Waals surface area contributed by atoms with Gasteiger partial charge in [-0.05, 0) is 31.0 Å². The maximum Gasteiger partial charge on any atom is 0.129 e. The van der Waals surface area contributed by atoms with E-state index >= 15 is 0 Å². The molecular formula is C17H19FO. The molecular weight excluding hydrogens is 239 g/mol. The molecule has 0 amide bonds. The van der Waals surface area contributed by atoms with E-state index in [1.165, 1.54) is 6.07 Å². The van der Waals surface area contributed by atoms with Crippen molar-refractivity contribution in [2.24, 2.45) is 0 Å². The van der Waals surface area contributed by atoms with Gasteiger partial charge in [-0.15, -0.1) is 0 Å². The van der Waals surface area contributed by atoms with Crippen LogP contribution in [0.5, 0.6) is 0 Å². The molecule has 0 fully saturated rings. The van der Waals surface area contributed by atoms with Crippen molar-refractivity contribution in [3.05, 3.63) is 71.0 Å². The monoisotopic (exact) mass is 258 g/mol. The Morgan fingerprint density at radius 3 is 2.42 bits per heavy atom. The molecule has 0 saturated carbocycles. The normalized spacial score (nSPS) is 14.1. The first kappa shape index (κ1) is 13.8. The van der Waals surface area contributed by atoms with Gasteiger partial charge in [0, 0.05) is 5.56 Å². The summed E-state index contributed by atoms with van der Waals surface area (Å²) in [7, 11) is 0. The summed E-state index contributed by atoms with van der Waals surface area (Å²) >= 11 is 0. The Labute approximate surface area is 113 Å². The molecule has 0 aliphatic rings. The van der Waals surface area contributed by atoms with Gasteiger partial charge in [-0.1, -0.05) is 55.3 Å². The van der Waals surface area contributed by atoms with Gasteiger partial charge in [-0.2, -0.15) is 0 Å². The van der Waals surface area contributed by atoms with Gasteiger partial charge in [-0.25, -0.2) is 4.39 Å². The van der Waals surface area contributed by atoms with Crippen molar-refractivity contribution in [3.8, 4) is 0 Å². The standard InChI is InChI=1S/C17H19FO/c1-3-11-17(19,14-7-5-4-6-8-14)15-12-13(2)9-10-16(15)18/h4-10,12,19H,3,11H2,1-2H3. The Bertz CT molecular complexity index is 550. The molecule has 0 aliphatic carbocycles. The van der Waals surface area contributed by atoms with Crippen LogP contribution in [0.4, 0.5) is 4.39 Å². The Hall–Kier alpha value is -1.67. The summed E-state index contributed by atoms with van der Waals surface area (Å²) in [5, 5.41) is 11.0. The van der Waals surface area contributed by atoms with Crippen LogP contribution >= 0.6 is 0 Å². The molecule has 1 unspecified atom stereocenters. The van der Waals surface area contributed by atoms with E-state index in [2.05, 4.69) is 0 Å². The summed E-state index contributed by atoms with van der Waals surface area (Å²) in [5.74, 6) is -0.356. The zero-order valence-corrected chi connectivity index (χ0v) is 11.4. The lowest BCUT2D eigenvalue weighted by atomic mass is 9.82. The zero-order valence-electron chi connectivity index (χ0n) is 11.4. The van der Waals surface area contributed by atoms with Crippen molar-refractivity contribution < 1.29 is 9.50 Å². The van der Waals surface area contributed by atoms with E-state index in [0.29, 0.717) is 12.0 Å². The molecule has 1 atom stereocenters. The molecule has 2 rings (SSSR count). The van der Waals surface area contributed by atoms with Crippen molar-refractivity contribution in [1.82, 2.24) is 0 Å². The summed E-state index contributed by atoms with van der Waals surface area (Å²) in [4.78, 5) is 0. The second-order valence-electron chi connectivity index (χ2n) is 4.96. The van der Waals surface area contributed by atoms with Gasteiger partial charge >= 0.3 is 0 Å². The maximum absolute atomic E-state index is 14.1. The van der Waals surface area contributed by atoms with E-state index in [1.807, 2.05) is 44.2 Å². The molecule has 2 aromatic carbocycles. The van der Waals surface area contributed by atoms with Crippen molar-refractivity contribution in [3.63, 3.8) is 0 Å². The second kappa shape index (κ2) is 5.54. The molecule has 0 spiro atoms. The van der Waals surface area contributed by atoms with Crippen molar-refractivity contribution >= 4 is 0 Å². The number of aryl methyl sites for hydroxylation is 1. The Morgan fingerprint density at radius 1 is 1.11 bits per heavy atom. The third-order valence-electron chi connectivity index (χ3n) is 3.43. The van der Waals surface area contributed by atoms with Crippen LogP contribution in [0, 0.1) is 12.7 Å². The fourth-order valence-corrected chi connectivity index (χ4v) is 2.47. The molecule has 0 aliphatic heterocycles. The first-order valence-electron chi connectivity index (χ1n) is 6.62. The summed E-state index contributed by atoms with van der Waals surface area (Å²) < 4.78 is 14.1. The molecule has 2 aromatic rings. The predicted molar refractivity (Wildman–Crippen MR) is 75.5 cm³/mol. The molecule has 0 radical (unpaired) electrons. The van der Waals surface area contributed by atoms with E-state index in [0.717, 1.165) is 17.5 Å². The third kappa shape index (κ3) is 2.69. The van der Waals surface area contributed by atoms with Gasteiger partial charge in [0.1, 0.15) is 11.4 Å². The van der Waals surface area contributed by atoms with Crippen LogP contribution in [-0.4, -0.2) is 5.11 Å². The smallest absolute Gasteiger partial charge is 0.129 e. The zero-order chi connectivity index (χ0) is 13.9. The van der Waals surface area contributed by atoms with Gasteiger partial charge in [0.05, 0.1) is 0 Å². The molecule has 0 aromatic heterocycles. The molecule has 19 heavy (non-hydrogen) atoms. The SMILES string of the molecule is CCCC(O)(c1ccccc1)c1cc(C)ccc1F. The fraction of sp³-hybridized carbons (Fsp3) is 0.294. The lowest BCUT2D eigenvalue weighted by Crippen LogP contribution is -2.28. The van der Waals surface area contributed by atoms with Crippen LogP contribution in [0.3, 0.4) is 0 Å². The summed E-state index contributed by atoms with van der Waals surface area (Å²) in [5.41, 5.74) is 0.787. The minimum atomic E-state index is -1.26. The summed E-state index contributed by atoms with van der Waals surface area (Å²) in [6.45, 7) is 3.89. The third-order valence-corrected chi connectivity index (χ3v) is 3.43. The largest absolute Gasteiger partial charge is 0.380 e.